The normalized spacial score (nSPS) is 22.1. The molecule has 8 nitrogen and oxygen atoms in total. The Bertz CT molecular complexity index is 612. The number of carbonyl (C=O) groups excluding carboxylic acids is 1. The number of nitrogens with two attached hydrogens (primary N) is 1. The van der Waals surface area contributed by atoms with Crippen LogP contribution in [0.3, 0.4) is 0 Å². The van der Waals surface area contributed by atoms with E-state index in [9.17, 15) is 13.2 Å². The highest BCUT2D eigenvalue weighted by atomic mass is 32.2. The number of aromatic nitrogens is 2. The number of hydrogen-bond donors (Lipinski definition) is 1. The van der Waals surface area contributed by atoms with Crippen molar-refractivity contribution in [1.82, 2.24) is 19.0 Å². The highest BCUT2D eigenvalue weighted by Crippen LogP contribution is 2.14. The molecule has 0 radical (unpaired) electrons. The number of primary amides is 1. The maximum atomic E-state index is 11.7. The van der Waals surface area contributed by atoms with E-state index in [1.165, 1.54) is 4.31 Å². The van der Waals surface area contributed by atoms with Gasteiger partial charge in [-0.3, -0.25) is 14.4 Å². The van der Waals surface area contributed by atoms with Crippen LogP contribution >= 0.6 is 0 Å². The average Bonchev–Trinajstić information content (AvgIpc) is 2.63. The second-order valence-corrected chi connectivity index (χ2v) is 7.42. The van der Waals surface area contributed by atoms with E-state index in [-0.39, 0.29) is 6.54 Å². The molecule has 1 aromatic heterocycles. The first-order chi connectivity index (χ1) is 9.75. The number of carbonyl (C=O) groups is 1. The summed E-state index contributed by atoms with van der Waals surface area (Å²) in [4.78, 5) is 13.6. The predicted octanol–water partition coefficient (Wildman–Crippen LogP) is -1.40. The largest absolute Gasteiger partial charge is 0.369 e. The lowest BCUT2D eigenvalue weighted by Crippen LogP contribution is -2.40. The second-order valence-electron chi connectivity index (χ2n) is 5.44. The zero-order valence-electron chi connectivity index (χ0n) is 12.3. The quantitative estimate of drug-likeness (QED) is 0.736. The Labute approximate surface area is 124 Å². The zero-order chi connectivity index (χ0) is 15.6. The van der Waals surface area contributed by atoms with Gasteiger partial charge in [-0.25, -0.2) is 12.7 Å². The van der Waals surface area contributed by atoms with Gasteiger partial charge in [-0.1, -0.05) is 0 Å². The molecule has 0 aliphatic carbocycles. The summed E-state index contributed by atoms with van der Waals surface area (Å²) in [5.74, 6) is -0.984. The van der Waals surface area contributed by atoms with Crippen LogP contribution < -0.4 is 5.73 Å². The Kier molecular flexibility index (Phi) is 4.64. The van der Waals surface area contributed by atoms with Gasteiger partial charge in [0, 0.05) is 46.0 Å². The molecule has 1 aliphatic heterocycles. The molecule has 1 aliphatic rings. The fourth-order valence-electron chi connectivity index (χ4n) is 2.45. The van der Waals surface area contributed by atoms with E-state index in [1.54, 1.807) is 4.68 Å². The summed E-state index contributed by atoms with van der Waals surface area (Å²) < 4.78 is 26.5. The summed E-state index contributed by atoms with van der Waals surface area (Å²) in [6.45, 7) is 2.07. The molecule has 0 saturated carbocycles. The third kappa shape index (κ3) is 4.26. The van der Waals surface area contributed by atoms with Crippen LogP contribution in [0.4, 0.5) is 0 Å². The second kappa shape index (κ2) is 6.12. The highest BCUT2D eigenvalue weighted by molar-refractivity contribution is 7.88. The minimum Gasteiger partial charge on any atom is -0.369 e. The first-order valence-corrected chi connectivity index (χ1v) is 8.56. The Morgan fingerprint density at radius 2 is 2.14 bits per heavy atom. The van der Waals surface area contributed by atoms with E-state index in [2.05, 4.69) is 5.10 Å². The minimum absolute atomic E-state index is 0.146. The molecule has 1 aromatic rings. The highest BCUT2D eigenvalue weighted by Gasteiger charge is 2.30. The first-order valence-electron chi connectivity index (χ1n) is 6.71. The van der Waals surface area contributed by atoms with Crippen molar-refractivity contribution in [3.63, 3.8) is 0 Å². The summed E-state index contributed by atoms with van der Waals surface area (Å²) in [6, 6.07) is 1.90. The molecule has 2 heterocycles. The molecule has 21 heavy (non-hydrogen) atoms. The number of nitrogens with zero attached hydrogens (tertiary/aromatic N) is 4. The van der Waals surface area contributed by atoms with Gasteiger partial charge in [0.25, 0.3) is 0 Å². The van der Waals surface area contributed by atoms with Crippen LogP contribution in [-0.2, 0) is 28.4 Å². The molecule has 0 aromatic carbocycles. The van der Waals surface area contributed by atoms with Gasteiger partial charge in [0.15, 0.2) is 0 Å². The topological polar surface area (TPSA) is 102 Å². The lowest BCUT2D eigenvalue weighted by Gasteiger charge is -2.21. The lowest BCUT2D eigenvalue weighted by atomic mass is 10.1. The van der Waals surface area contributed by atoms with Crippen LogP contribution in [0, 0.1) is 5.92 Å². The minimum atomic E-state index is -3.33. The molecule has 0 unspecified atom stereocenters. The predicted molar refractivity (Wildman–Crippen MR) is 77.6 cm³/mol. The van der Waals surface area contributed by atoms with Crippen molar-refractivity contribution in [3.05, 3.63) is 18.0 Å². The lowest BCUT2D eigenvalue weighted by molar-refractivity contribution is -0.122. The van der Waals surface area contributed by atoms with Crippen LogP contribution in [0.25, 0.3) is 0 Å². The van der Waals surface area contributed by atoms with Gasteiger partial charge in [-0.2, -0.15) is 5.10 Å². The van der Waals surface area contributed by atoms with Gasteiger partial charge in [0.2, 0.25) is 15.9 Å². The van der Waals surface area contributed by atoms with Gasteiger partial charge < -0.3 is 5.73 Å². The summed E-state index contributed by atoms with van der Waals surface area (Å²) in [5, 5.41) is 4.30. The number of amides is 1. The molecule has 1 atom stereocenters. The fraction of sp³-hybridized carbons (Fsp3) is 0.667. The van der Waals surface area contributed by atoms with Gasteiger partial charge in [-0.05, 0) is 6.07 Å². The molecule has 1 amide bonds. The molecule has 118 valence electrons. The maximum absolute atomic E-state index is 11.7. The van der Waals surface area contributed by atoms with Crippen molar-refractivity contribution < 1.29 is 13.2 Å². The standard InChI is InChI=1S/C12H21N5O3S/c1-15-4-3-11(14-15)9-16-5-6-17(21(2,19)20)8-10(7-16)12(13)18/h3-4,10H,5-9H2,1-2H3,(H2,13,18)/t10-/m1/s1. The Morgan fingerprint density at radius 1 is 1.43 bits per heavy atom. The fourth-order valence-corrected chi connectivity index (χ4v) is 3.32. The van der Waals surface area contributed by atoms with E-state index in [4.69, 9.17) is 5.73 Å². The smallest absolute Gasteiger partial charge is 0.223 e. The van der Waals surface area contributed by atoms with Crippen molar-refractivity contribution >= 4 is 15.9 Å². The van der Waals surface area contributed by atoms with Gasteiger partial charge in [-0.15, -0.1) is 0 Å². The monoisotopic (exact) mass is 315 g/mol. The summed E-state index contributed by atoms with van der Waals surface area (Å²) in [7, 11) is -1.49. The van der Waals surface area contributed by atoms with Crippen molar-refractivity contribution in [2.45, 2.75) is 6.54 Å². The Hall–Kier alpha value is -1.45. The van der Waals surface area contributed by atoms with E-state index >= 15 is 0 Å². The first kappa shape index (κ1) is 15.9. The van der Waals surface area contributed by atoms with Crippen molar-refractivity contribution in [2.75, 3.05) is 32.4 Å². The van der Waals surface area contributed by atoms with Crippen LogP contribution in [0.2, 0.25) is 0 Å². The molecule has 2 rings (SSSR count). The molecule has 1 saturated heterocycles. The van der Waals surface area contributed by atoms with E-state index in [0.29, 0.717) is 26.2 Å². The van der Waals surface area contributed by atoms with Crippen molar-refractivity contribution in [3.8, 4) is 0 Å². The SMILES string of the molecule is Cn1ccc(CN2CCN(S(C)(=O)=O)C[C@H](C(N)=O)C2)n1. The molecular formula is C12H21N5O3S. The number of rotatable bonds is 4. The van der Waals surface area contributed by atoms with E-state index in [1.807, 2.05) is 24.2 Å². The summed E-state index contributed by atoms with van der Waals surface area (Å²) >= 11 is 0. The molecule has 2 N–H and O–H groups in total. The van der Waals surface area contributed by atoms with Gasteiger partial charge in [0.05, 0.1) is 17.9 Å². The number of sulfonamides is 1. The van der Waals surface area contributed by atoms with Crippen molar-refractivity contribution in [2.24, 2.45) is 18.7 Å². The Balaban J connectivity index is 2.12. The van der Waals surface area contributed by atoms with Crippen molar-refractivity contribution in [1.29, 1.82) is 0 Å². The Morgan fingerprint density at radius 3 is 2.67 bits per heavy atom. The molecular weight excluding hydrogens is 294 g/mol. The third-order valence-corrected chi connectivity index (χ3v) is 4.86. The summed E-state index contributed by atoms with van der Waals surface area (Å²) in [6.07, 6.45) is 3.00. The zero-order valence-corrected chi connectivity index (χ0v) is 13.1. The maximum Gasteiger partial charge on any atom is 0.223 e. The average molecular weight is 315 g/mol. The van der Waals surface area contributed by atoms with Crippen LogP contribution in [-0.4, -0.2) is 65.7 Å². The van der Waals surface area contributed by atoms with E-state index in [0.717, 1.165) is 11.9 Å². The number of hydrogen-bond acceptors (Lipinski definition) is 5. The van der Waals surface area contributed by atoms with Crippen LogP contribution in [0.5, 0.6) is 0 Å². The number of aryl methyl sites for hydroxylation is 1. The molecule has 9 heteroatoms. The summed E-state index contributed by atoms with van der Waals surface area (Å²) in [5.41, 5.74) is 6.28. The molecule has 0 spiro atoms. The van der Waals surface area contributed by atoms with E-state index < -0.39 is 21.8 Å². The van der Waals surface area contributed by atoms with Gasteiger partial charge >= 0.3 is 0 Å². The van der Waals surface area contributed by atoms with Crippen LogP contribution in [0.15, 0.2) is 12.3 Å². The van der Waals surface area contributed by atoms with Crippen LogP contribution in [0.1, 0.15) is 5.69 Å². The molecule has 0 bridgehead atoms. The van der Waals surface area contributed by atoms with Gasteiger partial charge in [0.1, 0.15) is 0 Å². The molecule has 1 fully saturated rings. The third-order valence-electron chi connectivity index (χ3n) is 3.59.